The van der Waals surface area contributed by atoms with Gasteiger partial charge in [-0.1, -0.05) is 12.1 Å². The Bertz CT molecular complexity index is 1000. The minimum atomic E-state index is 0. The molecule has 0 bridgehead atoms. The maximum absolute atomic E-state index is 5.64. The van der Waals surface area contributed by atoms with E-state index in [9.17, 15) is 0 Å². The number of para-hydroxylation sites is 2. The molecule has 8 heteroatoms. The number of hydrogen-bond donors (Lipinski definition) is 1. The molecule has 3 aromatic rings. The third-order valence-electron chi connectivity index (χ3n) is 5.57. The summed E-state index contributed by atoms with van der Waals surface area (Å²) in [5, 5.41) is 0.451. The molecule has 0 amide bonds. The van der Waals surface area contributed by atoms with E-state index < -0.39 is 0 Å². The highest BCUT2D eigenvalue weighted by Gasteiger charge is 2.26. The van der Waals surface area contributed by atoms with Gasteiger partial charge in [0.25, 0.3) is 0 Å². The lowest BCUT2D eigenvalue weighted by atomic mass is 10.2. The summed E-state index contributed by atoms with van der Waals surface area (Å²) in [5.41, 5.74) is 3.17. The minimum Gasteiger partial charge on any atom is -0.377 e. The van der Waals surface area contributed by atoms with Gasteiger partial charge < -0.3 is 15.8 Å². The molecule has 0 radical (unpaired) electrons. The maximum Gasteiger partial charge on any atom is 0.237 e. The van der Waals surface area contributed by atoms with Gasteiger partial charge in [0.15, 0.2) is 0 Å². The van der Waals surface area contributed by atoms with E-state index in [0.717, 1.165) is 54.1 Å². The van der Waals surface area contributed by atoms with Crippen molar-refractivity contribution >= 4 is 28.6 Å². The van der Waals surface area contributed by atoms with E-state index in [2.05, 4.69) is 28.5 Å². The van der Waals surface area contributed by atoms with Crippen LogP contribution in [0.15, 0.2) is 30.3 Å². The molecule has 2 fully saturated rings. The monoisotopic (exact) mass is 412 g/mol. The van der Waals surface area contributed by atoms with Crippen LogP contribution in [0.5, 0.6) is 0 Å². The van der Waals surface area contributed by atoms with Gasteiger partial charge in [0, 0.05) is 17.9 Å². The lowest BCUT2D eigenvalue weighted by Crippen LogP contribution is -2.44. The highest BCUT2D eigenvalue weighted by molar-refractivity contribution is 7.99. The normalized spacial score (nSPS) is 22.1. The van der Waals surface area contributed by atoms with Crippen LogP contribution < -0.4 is 11.1 Å². The fraction of sp³-hybridized carbons (Fsp3) is 0.476. The van der Waals surface area contributed by atoms with E-state index in [4.69, 9.17) is 19.7 Å². The zero-order valence-electron chi connectivity index (χ0n) is 17.0. The zero-order valence-corrected chi connectivity index (χ0v) is 17.9. The smallest absolute Gasteiger partial charge is 0.237 e. The molecule has 2 saturated heterocycles. The van der Waals surface area contributed by atoms with Crippen molar-refractivity contribution in [2.75, 3.05) is 30.4 Å². The number of morpholine rings is 1. The van der Waals surface area contributed by atoms with Gasteiger partial charge in [0.1, 0.15) is 11.6 Å². The molecule has 2 aliphatic rings. The first kappa shape index (κ1) is 20.1. The van der Waals surface area contributed by atoms with Crippen molar-refractivity contribution < 1.29 is 4.74 Å². The lowest BCUT2D eigenvalue weighted by molar-refractivity contribution is 0.0985. The highest BCUT2D eigenvalue weighted by atomic mass is 32.2. The number of fused-ring (bicyclic) bond motifs is 1. The Kier molecular flexibility index (Phi) is 5.76. The lowest BCUT2D eigenvalue weighted by Gasteiger charge is -2.34. The molecule has 4 heterocycles. The number of hydrogen-bond acceptors (Lipinski definition) is 7. The van der Waals surface area contributed by atoms with Crippen LogP contribution in [0.4, 0.5) is 5.82 Å². The Morgan fingerprint density at radius 1 is 1.17 bits per heavy atom. The second-order valence-electron chi connectivity index (χ2n) is 7.55. The molecule has 1 aromatic carbocycles. The van der Waals surface area contributed by atoms with Gasteiger partial charge in [-0.3, -0.25) is 4.57 Å². The van der Waals surface area contributed by atoms with Crippen molar-refractivity contribution in [2.24, 2.45) is 0 Å². The van der Waals surface area contributed by atoms with Gasteiger partial charge in [-0.25, -0.2) is 9.97 Å². The van der Waals surface area contributed by atoms with Crippen LogP contribution in [0.3, 0.4) is 0 Å². The van der Waals surface area contributed by atoms with Crippen LogP contribution in [0.25, 0.3) is 17.0 Å². The molecule has 3 N–H and O–H groups in total. The quantitative estimate of drug-likeness (QED) is 0.693. The van der Waals surface area contributed by atoms with Gasteiger partial charge in [-0.15, -0.1) is 0 Å². The van der Waals surface area contributed by atoms with Crippen molar-refractivity contribution in [3.05, 3.63) is 41.9 Å². The van der Waals surface area contributed by atoms with Crippen molar-refractivity contribution in [3.8, 4) is 5.95 Å². The number of imidazole rings is 1. The average Bonchev–Trinajstić information content (AvgIpc) is 3.35. The fourth-order valence-corrected chi connectivity index (χ4v) is 5.37. The summed E-state index contributed by atoms with van der Waals surface area (Å²) in [6.45, 7) is 6.56. The number of aromatic nitrogens is 4. The first-order chi connectivity index (χ1) is 13.7. The van der Waals surface area contributed by atoms with Crippen molar-refractivity contribution in [1.29, 1.82) is 0 Å². The SMILES string of the molecule is Cc1nc2ccccc2n1-c1nc(C2CCCS2)cc(N2CCOCC2C)n1.N. The Morgan fingerprint density at radius 2 is 2.03 bits per heavy atom. The molecule has 2 unspecified atom stereocenters. The van der Waals surface area contributed by atoms with Crippen molar-refractivity contribution in [3.63, 3.8) is 0 Å². The summed E-state index contributed by atoms with van der Waals surface area (Å²) >= 11 is 2.01. The number of aryl methyl sites for hydroxylation is 1. The molecule has 2 aromatic heterocycles. The summed E-state index contributed by atoms with van der Waals surface area (Å²) in [4.78, 5) is 17.1. The molecule has 0 aliphatic carbocycles. The minimum absolute atomic E-state index is 0. The van der Waals surface area contributed by atoms with Gasteiger partial charge >= 0.3 is 0 Å². The van der Waals surface area contributed by atoms with E-state index >= 15 is 0 Å². The fourth-order valence-electron chi connectivity index (χ4n) is 4.13. The first-order valence-corrected chi connectivity index (χ1v) is 11.0. The zero-order chi connectivity index (χ0) is 19.1. The standard InChI is InChI=1S/C21H25N5OS.H3N/c1-14-13-27-10-9-25(14)20-12-17(19-8-5-11-28-19)23-21(24-20)26-15(2)22-16-6-3-4-7-18(16)26;/h3-4,6-7,12,14,19H,5,8-11,13H2,1-2H3;1H3. The second kappa shape index (κ2) is 8.30. The molecule has 7 nitrogen and oxygen atoms in total. The molecular weight excluding hydrogens is 384 g/mol. The summed E-state index contributed by atoms with van der Waals surface area (Å²) in [5.74, 6) is 3.85. The van der Waals surface area contributed by atoms with E-state index in [-0.39, 0.29) is 6.15 Å². The number of ether oxygens (including phenoxy) is 1. The second-order valence-corrected chi connectivity index (χ2v) is 8.86. The van der Waals surface area contributed by atoms with Crippen molar-refractivity contribution in [1.82, 2.24) is 25.7 Å². The number of anilines is 1. The highest BCUT2D eigenvalue weighted by Crippen LogP contribution is 2.40. The molecule has 154 valence electrons. The van der Waals surface area contributed by atoms with Crippen LogP contribution >= 0.6 is 11.8 Å². The van der Waals surface area contributed by atoms with Crippen LogP contribution in [-0.2, 0) is 4.74 Å². The molecule has 2 atom stereocenters. The molecule has 0 saturated carbocycles. The van der Waals surface area contributed by atoms with E-state index in [1.807, 2.05) is 36.9 Å². The van der Waals surface area contributed by atoms with Crippen LogP contribution in [0, 0.1) is 6.92 Å². The Morgan fingerprint density at radius 3 is 2.83 bits per heavy atom. The van der Waals surface area contributed by atoms with Gasteiger partial charge in [0.2, 0.25) is 5.95 Å². The Labute approximate surface area is 175 Å². The Hall–Kier alpha value is -2.16. The number of thioether (sulfide) groups is 1. The van der Waals surface area contributed by atoms with E-state index in [0.29, 0.717) is 11.3 Å². The topological polar surface area (TPSA) is 91.1 Å². The van der Waals surface area contributed by atoms with Crippen LogP contribution in [-0.4, -0.2) is 51.1 Å². The predicted molar refractivity (Wildman–Crippen MR) is 118 cm³/mol. The third-order valence-corrected chi connectivity index (χ3v) is 6.97. The summed E-state index contributed by atoms with van der Waals surface area (Å²) in [7, 11) is 0. The molecule has 5 rings (SSSR count). The number of rotatable bonds is 3. The van der Waals surface area contributed by atoms with E-state index in [1.165, 1.54) is 18.6 Å². The first-order valence-electron chi connectivity index (χ1n) is 10.00. The largest absolute Gasteiger partial charge is 0.377 e. The molecular formula is C21H28N6OS. The summed E-state index contributed by atoms with van der Waals surface area (Å²) in [6.07, 6.45) is 2.44. The van der Waals surface area contributed by atoms with Crippen LogP contribution in [0.2, 0.25) is 0 Å². The van der Waals surface area contributed by atoms with Crippen molar-refractivity contribution in [2.45, 2.75) is 38.0 Å². The summed E-state index contributed by atoms with van der Waals surface area (Å²) in [6, 6.07) is 10.7. The number of benzene rings is 1. The Balaban J connectivity index is 0.00000205. The molecule has 2 aliphatic heterocycles. The van der Waals surface area contributed by atoms with Gasteiger partial charge in [-0.05, 0) is 44.6 Å². The molecule has 29 heavy (non-hydrogen) atoms. The maximum atomic E-state index is 5.64. The predicted octanol–water partition coefficient (Wildman–Crippen LogP) is 4.08. The van der Waals surface area contributed by atoms with E-state index in [1.54, 1.807) is 0 Å². The molecule has 0 spiro atoms. The number of nitrogens with zero attached hydrogens (tertiary/aromatic N) is 5. The van der Waals surface area contributed by atoms with Gasteiger partial charge in [-0.2, -0.15) is 16.7 Å². The average molecular weight is 413 g/mol. The third kappa shape index (κ3) is 3.72. The summed E-state index contributed by atoms with van der Waals surface area (Å²) < 4.78 is 7.73. The van der Waals surface area contributed by atoms with Gasteiger partial charge in [0.05, 0.1) is 36.0 Å². The van der Waals surface area contributed by atoms with Crippen LogP contribution in [0.1, 0.15) is 36.5 Å².